The van der Waals surface area contributed by atoms with Crippen LogP contribution in [-0.4, -0.2) is 81.4 Å². The van der Waals surface area contributed by atoms with E-state index in [1.165, 1.54) is 24.1 Å². The molecule has 2 saturated heterocycles. The SMILES string of the molecule is Cc1ccccc1C(=O)C(O)[C@H]1O[C@H](N2CN(C)C(=O)NC2=O)C[C@@]1(O)C(=O)c1ccccc1C. The Morgan fingerprint density at radius 2 is 1.60 bits per heavy atom. The third kappa shape index (κ3) is 4.31. The first-order valence-corrected chi connectivity index (χ1v) is 11.1. The highest BCUT2D eigenvalue weighted by Crippen LogP contribution is 2.38. The summed E-state index contributed by atoms with van der Waals surface area (Å²) in [5, 5.41) is 25.0. The number of hydrogen-bond acceptors (Lipinski definition) is 7. The lowest BCUT2D eigenvalue weighted by atomic mass is 9.81. The molecule has 4 atom stereocenters. The number of rotatable bonds is 6. The third-order valence-corrected chi connectivity index (χ3v) is 6.54. The van der Waals surface area contributed by atoms with Crippen molar-refractivity contribution in [2.24, 2.45) is 0 Å². The van der Waals surface area contributed by atoms with E-state index < -0.39 is 54.1 Å². The molecule has 4 amide bonds. The predicted molar refractivity (Wildman–Crippen MR) is 124 cm³/mol. The molecule has 3 N–H and O–H groups in total. The minimum absolute atomic E-state index is 0.168. The van der Waals surface area contributed by atoms with Crippen molar-refractivity contribution in [3.63, 3.8) is 0 Å². The number of ketones is 2. The Morgan fingerprint density at radius 1 is 1.03 bits per heavy atom. The van der Waals surface area contributed by atoms with Gasteiger partial charge in [-0.3, -0.25) is 19.8 Å². The highest BCUT2D eigenvalue weighted by molar-refractivity contribution is 6.06. The first-order valence-electron chi connectivity index (χ1n) is 11.1. The number of hydrogen-bond donors (Lipinski definition) is 3. The minimum atomic E-state index is -2.32. The van der Waals surface area contributed by atoms with E-state index in [9.17, 15) is 29.4 Å². The number of urea groups is 2. The van der Waals surface area contributed by atoms with Gasteiger partial charge in [-0.05, 0) is 25.0 Å². The number of imide groups is 1. The molecule has 2 aliphatic rings. The van der Waals surface area contributed by atoms with Crippen molar-refractivity contribution < 1.29 is 34.1 Å². The molecule has 0 spiro atoms. The molecule has 4 rings (SSSR count). The largest absolute Gasteiger partial charge is 0.382 e. The molecule has 10 heteroatoms. The Morgan fingerprint density at radius 3 is 2.20 bits per heavy atom. The van der Waals surface area contributed by atoms with Crippen LogP contribution in [0.25, 0.3) is 0 Å². The molecule has 2 aromatic rings. The van der Waals surface area contributed by atoms with Crippen LogP contribution in [0.1, 0.15) is 38.3 Å². The third-order valence-electron chi connectivity index (χ3n) is 6.54. The summed E-state index contributed by atoms with van der Waals surface area (Å²) in [6.45, 7) is 3.23. The average molecular weight is 482 g/mol. The van der Waals surface area contributed by atoms with Crippen LogP contribution >= 0.6 is 0 Å². The molecule has 184 valence electrons. The number of aliphatic hydroxyl groups excluding tert-OH is 1. The monoisotopic (exact) mass is 481 g/mol. The van der Waals surface area contributed by atoms with E-state index >= 15 is 0 Å². The number of nitrogens with zero attached hydrogens (tertiary/aromatic N) is 2. The van der Waals surface area contributed by atoms with Gasteiger partial charge in [0.25, 0.3) is 0 Å². The van der Waals surface area contributed by atoms with E-state index in [2.05, 4.69) is 5.32 Å². The number of carbonyl (C=O) groups is 4. The van der Waals surface area contributed by atoms with Gasteiger partial charge in [-0.1, -0.05) is 48.5 Å². The van der Waals surface area contributed by atoms with Crippen molar-refractivity contribution in [1.29, 1.82) is 0 Å². The second-order valence-electron chi connectivity index (χ2n) is 8.95. The molecule has 0 aliphatic carbocycles. The minimum Gasteiger partial charge on any atom is -0.382 e. The Kier molecular flexibility index (Phi) is 6.46. The van der Waals surface area contributed by atoms with Crippen molar-refractivity contribution in [3.8, 4) is 0 Å². The zero-order chi connectivity index (χ0) is 25.5. The molecule has 0 radical (unpaired) electrons. The Bertz CT molecular complexity index is 1200. The van der Waals surface area contributed by atoms with Crippen molar-refractivity contribution in [1.82, 2.24) is 15.1 Å². The van der Waals surface area contributed by atoms with Crippen molar-refractivity contribution in [2.75, 3.05) is 13.7 Å². The maximum Gasteiger partial charge on any atom is 0.328 e. The molecule has 10 nitrogen and oxygen atoms in total. The maximum absolute atomic E-state index is 13.6. The molecular formula is C25H27N3O7. The second kappa shape index (κ2) is 9.21. The fraction of sp³-hybridized carbons (Fsp3) is 0.360. The molecule has 2 aliphatic heterocycles. The fourth-order valence-electron chi connectivity index (χ4n) is 4.50. The molecular weight excluding hydrogens is 454 g/mol. The van der Waals surface area contributed by atoms with Crippen LogP contribution in [0.3, 0.4) is 0 Å². The summed E-state index contributed by atoms with van der Waals surface area (Å²) in [5.41, 5.74) is -0.701. The van der Waals surface area contributed by atoms with Gasteiger partial charge in [0.15, 0.2) is 17.2 Å². The molecule has 0 aromatic heterocycles. The summed E-state index contributed by atoms with van der Waals surface area (Å²) in [6.07, 6.45) is -5.15. The van der Waals surface area contributed by atoms with Gasteiger partial charge in [0, 0.05) is 24.6 Å². The highest BCUT2D eigenvalue weighted by Gasteiger charge is 2.59. The molecule has 2 aromatic carbocycles. The van der Waals surface area contributed by atoms with Gasteiger partial charge in [-0.15, -0.1) is 0 Å². The summed E-state index contributed by atoms with van der Waals surface area (Å²) >= 11 is 0. The summed E-state index contributed by atoms with van der Waals surface area (Å²) in [6, 6.07) is 11.9. The molecule has 1 unspecified atom stereocenters. The summed E-state index contributed by atoms with van der Waals surface area (Å²) < 4.78 is 5.88. The number of Topliss-reactive ketones (excluding diaryl/α,β-unsaturated/α-hetero) is 2. The van der Waals surface area contributed by atoms with E-state index in [0.29, 0.717) is 11.1 Å². The highest BCUT2D eigenvalue weighted by atomic mass is 16.6. The van der Waals surface area contributed by atoms with Crippen molar-refractivity contribution in [2.45, 2.75) is 44.3 Å². The standard InChI is InChI=1S/C25H27N3O7/c1-14-8-4-6-10-16(14)19(29)20(30)22-25(34,21(31)17-11-7-5-9-15(17)2)12-18(35-22)28-13-27(3)23(32)26-24(28)33/h4-11,18,20,22,30,34H,12-13H2,1-3H3,(H,26,32,33)/t18-,20?,22+,25+/m0/s1. The van der Waals surface area contributed by atoms with Crippen LogP contribution < -0.4 is 5.32 Å². The van der Waals surface area contributed by atoms with Gasteiger partial charge in [0.2, 0.25) is 0 Å². The van der Waals surface area contributed by atoms with Crippen molar-refractivity contribution >= 4 is 23.6 Å². The molecule has 0 saturated carbocycles. The quantitative estimate of drug-likeness (QED) is 0.533. The molecule has 2 heterocycles. The van der Waals surface area contributed by atoms with Crippen LogP contribution in [0.2, 0.25) is 0 Å². The Hall–Kier alpha value is -3.60. The van der Waals surface area contributed by atoms with Crippen LogP contribution in [0.4, 0.5) is 9.59 Å². The fourth-order valence-corrected chi connectivity index (χ4v) is 4.50. The van der Waals surface area contributed by atoms with E-state index in [1.54, 1.807) is 50.2 Å². The number of ether oxygens (including phenoxy) is 1. The van der Waals surface area contributed by atoms with Gasteiger partial charge >= 0.3 is 12.1 Å². The molecule has 2 fully saturated rings. The lowest BCUT2D eigenvalue weighted by molar-refractivity contribution is -0.105. The summed E-state index contributed by atoms with van der Waals surface area (Å²) in [7, 11) is 1.46. The van der Waals surface area contributed by atoms with E-state index in [4.69, 9.17) is 4.74 Å². The Labute approximate surface area is 202 Å². The lowest BCUT2D eigenvalue weighted by Gasteiger charge is -2.36. The van der Waals surface area contributed by atoms with Gasteiger partial charge in [0.05, 0.1) is 0 Å². The number of carbonyl (C=O) groups excluding carboxylic acids is 4. The van der Waals surface area contributed by atoms with Gasteiger partial charge < -0.3 is 19.8 Å². The van der Waals surface area contributed by atoms with Crippen LogP contribution in [0.5, 0.6) is 0 Å². The van der Waals surface area contributed by atoms with Crippen LogP contribution in [0.15, 0.2) is 48.5 Å². The average Bonchev–Trinajstić information content (AvgIpc) is 3.19. The predicted octanol–water partition coefficient (Wildman–Crippen LogP) is 1.61. The number of nitrogens with one attached hydrogen (secondary N) is 1. The van der Waals surface area contributed by atoms with E-state index in [0.717, 1.165) is 4.90 Å². The molecule has 0 bridgehead atoms. The Balaban J connectivity index is 1.72. The topological polar surface area (TPSA) is 136 Å². The van der Waals surface area contributed by atoms with Gasteiger partial charge in [-0.2, -0.15) is 0 Å². The first-order chi connectivity index (χ1) is 16.5. The lowest BCUT2D eigenvalue weighted by Crippen LogP contribution is -2.60. The maximum atomic E-state index is 13.6. The zero-order valence-electron chi connectivity index (χ0n) is 19.6. The summed E-state index contributed by atoms with van der Waals surface area (Å²) in [4.78, 5) is 53.5. The number of benzene rings is 2. The zero-order valence-corrected chi connectivity index (χ0v) is 19.6. The molecule has 35 heavy (non-hydrogen) atoms. The van der Waals surface area contributed by atoms with Crippen LogP contribution in [0, 0.1) is 13.8 Å². The van der Waals surface area contributed by atoms with E-state index in [1.807, 2.05) is 0 Å². The summed E-state index contributed by atoms with van der Waals surface area (Å²) in [5.74, 6) is -1.46. The van der Waals surface area contributed by atoms with Crippen LogP contribution in [-0.2, 0) is 4.74 Å². The van der Waals surface area contributed by atoms with Crippen molar-refractivity contribution in [3.05, 3.63) is 70.8 Å². The first kappa shape index (κ1) is 24.5. The second-order valence-corrected chi connectivity index (χ2v) is 8.95. The normalized spacial score (nSPS) is 25.4. The number of amides is 4. The van der Waals surface area contributed by atoms with E-state index in [-0.39, 0.29) is 17.8 Å². The number of aryl methyl sites for hydroxylation is 2. The number of aliphatic hydroxyl groups is 2. The van der Waals surface area contributed by atoms with Gasteiger partial charge in [-0.25, -0.2) is 9.59 Å². The van der Waals surface area contributed by atoms with Gasteiger partial charge in [0.1, 0.15) is 25.1 Å². The smallest absolute Gasteiger partial charge is 0.328 e.